The molecule has 68 valence electrons. The van der Waals surface area contributed by atoms with E-state index in [0.717, 1.165) is 4.90 Å². The van der Waals surface area contributed by atoms with Crippen molar-refractivity contribution in [1.29, 1.82) is 0 Å². The van der Waals surface area contributed by atoms with Gasteiger partial charge in [-0.05, 0) is 6.92 Å². The highest BCUT2D eigenvalue weighted by Gasteiger charge is 2.29. The van der Waals surface area contributed by atoms with Crippen LogP contribution in [0.25, 0.3) is 0 Å². The van der Waals surface area contributed by atoms with Gasteiger partial charge in [-0.1, -0.05) is 19.9 Å². The Hall–Kier alpha value is -1.12. The van der Waals surface area contributed by atoms with Crippen LogP contribution >= 0.6 is 0 Å². The van der Waals surface area contributed by atoms with Crippen molar-refractivity contribution in [3.8, 4) is 0 Å². The molecule has 1 fully saturated rings. The number of hydrogen-bond donors (Lipinski definition) is 0. The molecule has 12 heavy (non-hydrogen) atoms. The average molecular weight is 169 g/mol. The molecule has 2 amide bonds. The van der Waals surface area contributed by atoms with Gasteiger partial charge in [0, 0.05) is 12.6 Å². The number of likely N-dealkylation sites (tertiary alicyclic amines) is 1. The molecule has 1 rings (SSSR count). The molecule has 0 radical (unpaired) electrons. The predicted octanol–water partition coefficient (Wildman–Crippen LogP) is 1.35. The Kier molecular flexibility index (Phi) is 4.26. The summed E-state index contributed by atoms with van der Waals surface area (Å²) in [6.07, 6.45) is 1.95. The van der Waals surface area contributed by atoms with Crippen molar-refractivity contribution in [1.82, 2.24) is 4.90 Å². The summed E-state index contributed by atoms with van der Waals surface area (Å²) < 4.78 is 0. The molecule has 0 aliphatic carbocycles. The second kappa shape index (κ2) is 4.70. The van der Waals surface area contributed by atoms with Crippen LogP contribution in [0.2, 0.25) is 0 Å². The second-order valence-electron chi connectivity index (χ2n) is 2.25. The lowest BCUT2D eigenvalue weighted by Crippen LogP contribution is -2.23. The van der Waals surface area contributed by atoms with Crippen LogP contribution in [0, 0.1) is 0 Å². The smallest absolute Gasteiger partial charge is 0.256 e. The number of likely N-dealkylation sites (N-methyl/N-ethyl adjacent to an activating group) is 1. The number of carbonyl (C=O) groups is 2. The van der Waals surface area contributed by atoms with E-state index in [0.29, 0.717) is 5.57 Å². The van der Waals surface area contributed by atoms with E-state index in [2.05, 4.69) is 0 Å². The maximum Gasteiger partial charge on any atom is 0.256 e. The Morgan fingerprint density at radius 1 is 1.33 bits per heavy atom. The molecular formula is C9H15NO2. The highest BCUT2D eigenvalue weighted by atomic mass is 16.2. The lowest BCUT2D eigenvalue weighted by Gasteiger charge is -2.01. The van der Waals surface area contributed by atoms with Crippen LogP contribution in [-0.4, -0.2) is 23.8 Å². The first-order chi connectivity index (χ1) is 5.66. The van der Waals surface area contributed by atoms with E-state index in [-0.39, 0.29) is 18.2 Å². The van der Waals surface area contributed by atoms with Crippen molar-refractivity contribution in [2.24, 2.45) is 0 Å². The lowest BCUT2D eigenvalue weighted by atomic mass is 10.2. The fourth-order valence-electron chi connectivity index (χ4n) is 0.911. The van der Waals surface area contributed by atoms with E-state index >= 15 is 0 Å². The molecule has 1 aliphatic rings. The fourth-order valence-corrected chi connectivity index (χ4v) is 0.911. The van der Waals surface area contributed by atoms with Gasteiger partial charge in [0.15, 0.2) is 0 Å². The first-order valence-electron chi connectivity index (χ1n) is 4.13. The normalized spacial score (nSPS) is 19.7. The van der Waals surface area contributed by atoms with Gasteiger partial charge in [0.05, 0.1) is 6.42 Å². The number of carbonyl (C=O) groups excluding carboxylic acids is 2. The van der Waals surface area contributed by atoms with Gasteiger partial charge >= 0.3 is 0 Å². The molecule has 0 saturated carbocycles. The number of rotatable bonds is 0. The third-order valence-electron chi connectivity index (χ3n) is 1.64. The number of nitrogens with zero attached hydrogens (tertiary/aromatic N) is 1. The molecule has 0 aromatic rings. The maximum absolute atomic E-state index is 11.0. The lowest BCUT2D eigenvalue weighted by molar-refractivity contribution is -0.135. The fraction of sp³-hybridized carbons (Fsp3) is 0.556. The zero-order valence-electron chi connectivity index (χ0n) is 8.05. The van der Waals surface area contributed by atoms with Gasteiger partial charge in [0.2, 0.25) is 5.91 Å². The van der Waals surface area contributed by atoms with E-state index in [1.54, 1.807) is 13.0 Å². The van der Waals surface area contributed by atoms with E-state index in [1.165, 1.54) is 7.05 Å². The minimum absolute atomic E-state index is 0.113. The highest BCUT2D eigenvalue weighted by molar-refractivity contribution is 6.12. The number of allylic oxidation sites excluding steroid dienone is 1. The standard InChI is InChI=1S/C7H9NO2.C2H6/c1-3-5-4-6(9)8(2)7(5)10;1-2/h3H,4H2,1-2H3;1-2H3/b5-3+;. The first-order valence-corrected chi connectivity index (χ1v) is 4.13. The summed E-state index contributed by atoms with van der Waals surface area (Å²) in [6.45, 7) is 5.76. The predicted molar refractivity (Wildman–Crippen MR) is 47.5 cm³/mol. The molecule has 0 aromatic heterocycles. The second-order valence-corrected chi connectivity index (χ2v) is 2.25. The SMILES string of the molecule is C/C=C1\CC(=O)N(C)C1=O.CC. The third-order valence-corrected chi connectivity index (χ3v) is 1.64. The average Bonchev–Trinajstić information content (AvgIpc) is 2.36. The van der Waals surface area contributed by atoms with Gasteiger partial charge in [0.25, 0.3) is 5.91 Å². The summed E-state index contributed by atoms with van der Waals surface area (Å²) in [5.41, 5.74) is 0.604. The van der Waals surface area contributed by atoms with Crippen molar-refractivity contribution in [2.45, 2.75) is 27.2 Å². The van der Waals surface area contributed by atoms with Crippen LogP contribution in [0.4, 0.5) is 0 Å². The highest BCUT2D eigenvalue weighted by Crippen LogP contribution is 2.15. The topological polar surface area (TPSA) is 37.4 Å². The van der Waals surface area contributed by atoms with Gasteiger partial charge in [0.1, 0.15) is 0 Å². The van der Waals surface area contributed by atoms with Gasteiger partial charge in [-0.15, -0.1) is 0 Å². The Bertz CT molecular complexity index is 219. The minimum Gasteiger partial charge on any atom is -0.282 e. The van der Waals surface area contributed by atoms with Crippen LogP contribution < -0.4 is 0 Å². The molecule has 3 nitrogen and oxygen atoms in total. The zero-order valence-corrected chi connectivity index (χ0v) is 8.05. The summed E-state index contributed by atoms with van der Waals surface area (Å²) in [7, 11) is 1.50. The Morgan fingerprint density at radius 3 is 2.00 bits per heavy atom. The van der Waals surface area contributed by atoms with Crippen molar-refractivity contribution in [2.75, 3.05) is 7.05 Å². The monoisotopic (exact) mass is 169 g/mol. The molecular weight excluding hydrogens is 154 g/mol. The number of amides is 2. The van der Waals surface area contributed by atoms with Gasteiger partial charge < -0.3 is 0 Å². The van der Waals surface area contributed by atoms with Crippen LogP contribution in [0.1, 0.15) is 27.2 Å². The largest absolute Gasteiger partial charge is 0.282 e. The van der Waals surface area contributed by atoms with Crippen molar-refractivity contribution in [3.63, 3.8) is 0 Å². The quantitative estimate of drug-likeness (QED) is 0.405. The molecule has 1 saturated heterocycles. The van der Waals surface area contributed by atoms with E-state index < -0.39 is 0 Å². The van der Waals surface area contributed by atoms with E-state index in [1.807, 2.05) is 13.8 Å². The molecule has 0 N–H and O–H groups in total. The first kappa shape index (κ1) is 10.9. The minimum atomic E-state index is -0.160. The van der Waals surface area contributed by atoms with Gasteiger partial charge in [-0.25, -0.2) is 0 Å². The van der Waals surface area contributed by atoms with Crippen molar-refractivity contribution in [3.05, 3.63) is 11.6 Å². The zero-order chi connectivity index (χ0) is 9.72. The van der Waals surface area contributed by atoms with Gasteiger partial charge in [-0.3, -0.25) is 14.5 Å². The van der Waals surface area contributed by atoms with Crippen molar-refractivity contribution >= 4 is 11.8 Å². The Labute approximate surface area is 73.1 Å². The molecule has 0 unspecified atom stereocenters. The molecule has 1 aliphatic heterocycles. The molecule has 0 spiro atoms. The summed E-state index contributed by atoms with van der Waals surface area (Å²) in [5.74, 6) is -0.273. The van der Waals surface area contributed by atoms with Gasteiger partial charge in [-0.2, -0.15) is 0 Å². The molecule has 0 bridgehead atoms. The molecule has 0 aromatic carbocycles. The number of imide groups is 1. The summed E-state index contributed by atoms with van der Waals surface area (Å²) in [4.78, 5) is 22.9. The Balaban J connectivity index is 0.000000561. The Morgan fingerprint density at radius 2 is 1.83 bits per heavy atom. The van der Waals surface area contributed by atoms with Crippen LogP contribution in [0.3, 0.4) is 0 Å². The number of hydrogen-bond acceptors (Lipinski definition) is 2. The molecule has 0 atom stereocenters. The van der Waals surface area contributed by atoms with Crippen LogP contribution in [0.5, 0.6) is 0 Å². The van der Waals surface area contributed by atoms with Crippen molar-refractivity contribution < 1.29 is 9.59 Å². The maximum atomic E-state index is 11.0. The summed E-state index contributed by atoms with van der Waals surface area (Å²) in [5, 5.41) is 0. The molecule has 1 heterocycles. The van der Waals surface area contributed by atoms with E-state index in [4.69, 9.17) is 0 Å². The van der Waals surface area contributed by atoms with Crippen LogP contribution in [-0.2, 0) is 9.59 Å². The summed E-state index contributed by atoms with van der Waals surface area (Å²) >= 11 is 0. The third kappa shape index (κ3) is 1.94. The molecule has 3 heteroatoms. The van der Waals surface area contributed by atoms with E-state index in [9.17, 15) is 9.59 Å². The summed E-state index contributed by atoms with van der Waals surface area (Å²) in [6, 6.07) is 0. The van der Waals surface area contributed by atoms with Crippen LogP contribution in [0.15, 0.2) is 11.6 Å².